The van der Waals surface area contributed by atoms with Gasteiger partial charge in [0.2, 0.25) is 5.91 Å². The average Bonchev–Trinajstić information content (AvgIpc) is 2.69. The average molecular weight is 367 g/mol. The number of rotatable bonds is 7. The first kappa shape index (κ1) is 19.2. The summed E-state index contributed by atoms with van der Waals surface area (Å²) in [6.07, 6.45) is 0.775. The molecule has 1 aliphatic rings. The molecule has 1 heterocycles. The zero-order valence-electron chi connectivity index (χ0n) is 16.3. The van der Waals surface area contributed by atoms with Crippen LogP contribution in [-0.2, 0) is 11.2 Å². The second-order valence-electron chi connectivity index (χ2n) is 7.01. The molecule has 1 saturated heterocycles. The first-order valence-corrected chi connectivity index (χ1v) is 9.58. The van der Waals surface area contributed by atoms with Crippen LogP contribution in [-0.4, -0.2) is 57.2 Å². The molecule has 0 saturated carbocycles. The molecule has 0 unspecified atom stereocenters. The van der Waals surface area contributed by atoms with Gasteiger partial charge in [-0.25, -0.2) is 0 Å². The molecule has 1 fully saturated rings. The Bertz CT molecular complexity index is 755. The Morgan fingerprint density at radius 2 is 1.85 bits per heavy atom. The Morgan fingerprint density at radius 1 is 1.07 bits per heavy atom. The predicted molar refractivity (Wildman–Crippen MR) is 110 cm³/mol. The molecule has 1 amide bonds. The number of para-hydroxylation sites is 1. The highest BCUT2D eigenvalue weighted by atomic mass is 16.5. The molecular formula is C22H29N3O2. The van der Waals surface area contributed by atoms with Crippen LogP contribution in [0.25, 0.3) is 0 Å². The summed E-state index contributed by atoms with van der Waals surface area (Å²) in [5, 5.41) is 3.03. The first-order chi connectivity index (χ1) is 13.2. The van der Waals surface area contributed by atoms with Crippen LogP contribution in [0.4, 0.5) is 5.69 Å². The number of amides is 1. The van der Waals surface area contributed by atoms with Gasteiger partial charge in [0, 0.05) is 38.4 Å². The third kappa shape index (κ3) is 5.47. The van der Waals surface area contributed by atoms with Crippen molar-refractivity contribution >= 4 is 11.6 Å². The van der Waals surface area contributed by atoms with Crippen LogP contribution in [0, 0.1) is 6.92 Å². The Balaban J connectivity index is 1.39. The number of methoxy groups -OCH3 is 1. The van der Waals surface area contributed by atoms with Crippen molar-refractivity contribution in [3.63, 3.8) is 0 Å². The topological polar surface area (TPSA) is 44.8 Å². The predicted octanol–water partition coefficient (Wildman–Crippen LogP) is 2.48. The second kappa shape index (κ2) is 9.42. The van der Waals surface area contributed by atoms with Crippen LogP contribution < -0.4 is 15.0 Å². The van der Waals surface area contributed by atoms with E-state index in [1.54, 1.807) is 7.11 Å². The van der Waals surface area contributed by atoms with Crippen molar-refractivity contribution in [1.82, 2.24) is 10.2 Å². The highest BCUT2D eigenvalue weighted by Crippen LogP contribution is 2.18. The third-order valence-corrected chi connectivity index (χ3v) is 5.02. The van der Waals surface area contributed by atoms with E-state index in [9.17, 15) is 4.79 Å². The van der Waals surface area contributed by atoms with E-state index in [4.69, 9.17) is 4.74 Å². The molecule has 0 radical (unpaired) electrons. The molecule has 0 atom stereocenters. The van der Waals surface area contributed by atoms with Crippen LogP contribution in [0.1, 0.15) is 11.1 Å². The number of aryl methyl sites for hydroxylation is 1. The molecule has 1 N–H and O–H groups in total. The summed E-state index contributed by atoms with van der Waals surface area (Å²) in [4.78, 5) is 16.9. The van der Waals surface area contributed by atoms with Crippen molar-refractivity contribution in [2.45, 2.75) is 13.3 Å². The molecule has 5 heteroatoms. The fourth-order valence-corrected chi connectivity index (χ4v) is 3.49. The lowest BCUT2D eigenvalue weighted by atomic mass is 10.1. The first-order valence-electron chi connectivity index (χ1n) is 9.58. The van der Waals surface area contributed by atoms with E-state index in [-0.39, 0.29) is 5.91 Å². The largest absolute Gasteiger partial charge is 0.496 e. The number of carbonyl (C=O) groups is 1. The van der Waals surface area contributed by atoms with E-state index in [1.807, 2.05) is 24.3 Å². The maximum Gasteiger partial charge on any atom is 0.234 e. The van der Waals surface area contributed by atoms with Crippen molar-refractivity contribution in [2.24, 2.45) is 0 Å². The van der Waals surface area contributed by atoms with Crippen LogP contribution in [0.5, 0.6) is 5.75 Å². The SMILES string of the molecule is COc1ccccc1CCNC(=O)CN1CCN(c2cccc(C)c2)CC1. The van der Waals surface area contributed by atoms with Crippen molar-refractivity contribution in [3.8, 4) is 5.75 Å². The molecule has 2 aromatic carbocycles. The molecule has 2 aromatic rings. The van der Waals surface area contributed by atoms with Crippen LogP contribution in [0.2, 0.25) is 0 Å². The smallest absolute Gasteiger partial charge is 0.234 e. The van der Waals surface area contributed by atoms with Gasteiger partial charge in [-0.05, 0) is 42.7 Å². The Kier molecular flexibility index (Phi) is 6.71. The quantitative estimate of drug-likeness (QED) is 0.817. The Morgan fingerprint density at radius 3 is 2.59 bits per heavy atom. The highest BCUT2D eigenvalue weighted by molar-refractivity contribution is 5.78. The van der Waals surface area contributed by atoms with E-state index in [1.165, 1.54) is 11.3 Å². The molecule has 144 valence electrons. The number of benzene rings is 2. The van der Waals surface area contributed by atoms with Gasteiger partial charge in [-0.15, -0.1) is 0 Å². The highest BCUT2D eigenvalue weighted by Gasteiger charge is 2.19. The Hall–Kier alpha value is -2.53. The number of hydrogen-bond donors (Lipinski definition) is 1. The Labute approximate surface area is 161 Å². The summed E-state index contributed by atoms with van der Waals surface area (Å²) in [5.41, 5.74) is 3.67. The maximum atomic E-state index is 12.3. The summed E-state index contributed by atoms with van der Waals surface area (Å²) in [5.74, 6) is 0.966. The molecule has 27 heavy (non-hydrogen) atoms. The number of nitrogens with one attached hydrogen (secondary N) is 1. The number of ether oxygens (including phenoxy) is 1. The fraction of sp³-hybridized carbons (Fsp3) is 0.409. The molecule has 1 aliphatic heterocycles. The van der Waals surface area contributed by atoms with Crippen LogP contribution in [0.15, 0.2) is 48.5 Å². The normalized spacial score (nSPS) is 14.8. The van der Waals surface area contributed by atoms with Gasteiger partial charge in [0.1, 0.15) is 5.75 Å². The van der Waals surface area contributed by atoms with Crippen LogP contribution >= 0.6 is 0 Å². The summed E-state index contributed by atoms with van der Waals surface area (Å²) in [6, 6.07) is 16.5. The number of hydrogen-bond acceptors (Lipinski definition) is 4. The summed E-state index contributed by atoms with van der Waals surface area (Å²) in [7, 11) is 1.67. The van der Waals surface area contributed by atoms with E-state index in [0.717, 1.165) is 43.9 Å². The molecule has 5 nitrogen and oxygen atoms in total. The van der Waals surface area contributed by atoms with Gasteiger partial charge >= 0.3 is 0 Å². The monoisotopic (exact) mass is 367 g/mol. The molecule has 0 spiro atoms. The molecule has 0 bridgehead atoms. The molecular weight excluding hydrogens is 338 g/mol. The van der Waals surface area contributed by atoms with Gasteiger partial charge in [0.05, 0.1) is 13.7 Å². The van der Waals surface area contributed by atoms with Gasteiger partial charge in [0.15, 0.2) is 0 Å². The van der Waals surface area contributed by atoms with Crippen molar-refractivity contribution in [3.05, 3.63) is 59.7 Å². The summed E-state index contributed by atoms with van der Waals surface area (Å²) in [6.45, 7) is 6.95. The number of piperazine rings is 1. The van der Waals surface area contributed by atoms with Gasteiger partial charge in [0.25, 0.3) is 0 Å². The van der Waals surface area contributed by atoms with E-state index >= 15 is 0 Å². The van der Waals surface area contributed by atoms with E-state index in [0.29, 0.717) is 13.1 Å². The zero-order chi connectivity index (χ0) is 19.1. The number of carbonyl (C=O) groups excluding carboxylic acids is 1. The second-order valence-corrected chi connectivity index (χ2v) is 7.01. The maximum absolute atomic E-state index is 12.3. The van der Waals surface area contributed by atoms with Gasteiger partial charge in [-0.1, -0.05) is 30.3 Å². The molecule has 3 rings (SSSR count). The lowest BCUT2D eigenvalue weighted by molar-refractivity contribution is -0.122. The van der Waals surface area contributed by atoms with E-state index in [2.05, 4.69) is 46.3 Å². The fourth-order valence-electron chi connectivity index (χ4n) is 3.49. The summed E-state index contributed by atoms with van der Waals surface area (Å²) < 4.78 is 5.35. The molecule has 0 aromatic heterocycles. The van der Waals surface area contributed by atoms with Crippen LogP contribution in [0.3, 0.4) is 0 Å². The minimum absolute atomic E-state index is 0.0916. The van der Waals surface area contributed by atoms with Gasteiger partial charge < -0.3 is 15.0 Å². The third-order valence-electron chi connectivity index (χ3n) is 5.02. The van der Waals surface area contributed by atoms with E-state index < -0.39 is 0 Å². The number of anilines is 1. The van der Waals surface area contributed by atoms with Crippen molar-refractivity contribution in [2.75, 3.05) is 51.3 Å². The van der Waals surface area contributed by atoms with Gasteiger partial charge in [-0.3, -0.25) is 9.69 Å². The van der Waals surface area contributed by atoms with Crippen molar-refractivity contribution in [1.29, 1.82) is 0 Å². The molecule has 0 aliphatic carbocycles. The zero-order valence-corrected chi connectivity index (χ0v) is 16.3. The van der Waals surface area contributed by atoms with Crippen molar-refractivity contribution < 1.29 is 9.53 Å². The number of nitrogens with zero attached hydrogens (tertiary/aromatic N) is 2. The lowest BCUT2D eigenvalue weighted by Gasteiger charge is -2.35. The summed E-state index contributed by atoms with van der Waals surface area (Å²) >= 11 is 0. The lowest BCUT2D eigenvalue weighted by Crippen LogP contribution is -2.49. The minimum atomic E-state index is 0.0916. The minimum Gasteiger partial charge on any atom is -0.496 e. The standard InChI is InChI=1S/C22H29N3O2/c1-18-6-5-8-20(16-18)25-14-12-24(13-15-25)17-22(26)23-11-10-19-7-3-4-9-21(19)27-2/h3-9,16H,10-15,17H2,1-2H3,(H,23,26). The van der Waals surface area contributed by atoms with Gasteiger partial charge in [-0.2, -0.15) is 0 Å².